The Labute approximate surface area is 253 Å². The number of likely N-dealkylation sites (N-methyl/N-ethyl adjacent to an activating group) is 1. The average Bonchev–Trinajstić information content (AvgIpc) is 3.01. The molecular formula is C34H36FN3O4S. The number of anilines is 1. The van der Waals surface area contributed by atoms with Crippen molar-refractivity contribution < 1.29 is 22.4 Å². The van der Waals surface area contributed by atoms with E-state index in [1.165, 1.54) is 23.1 Å². The molecule has 0 saturated heterocycles. The summed E-state index contributed by atoms with van der Waals surface area (Å²) in [6.45, 7) is 4.93. The molecule has 224 valence electrons. The third kappa shape index (κ3) is 7.48. The third-order valence-corrected chi connectivity index (χ3v) is 9.15. The maximum absolute atomic E-state index is 14.9. The minimum absolute atomic E-state index is 0.0221. The van der Waals surface area contributed by atoms with Crippen LogP contribution in [0.4, 0.5) is 10.1 Å². The molecule has 1 atom stereocenters. The van der Waals surface area contributed by atoms with Crippen LogP contribution in [-0.4, -0.2) is 44.3 Å². The molecule has 4 rings (SSSR count). The first kappa shape index (κ1) is 31.4. The number of hydrogen-bond donors (Lipinski definition) is 1. The molecule has 4 aromatic rings. The van der Waals surface area contributed by atoms with Crippen LogP contribution in [0.15, 0.2) is 108 Å². The lowest BCUT2D eigenvalue weighted by atomic mass is 10.0. The summed E-state index contributed by atoms with van der Waals surface area (Å²) in [5.74, 6) is -1.59. The molecule has 0 spiro atoms. The van der Waals surface area contributed by atoms with Gasteiger partial charge in [0.2, 0.25) is 11.8 Å². The van der Waals surface area contributed by atoms with Crippen LogP contribution < -0.4 is 9.62 Å². The topological polar surface area (TPSA) is 86.8 Å². The SMILES string of the molecule is CCNC(=O)[C@H](Cc1ccccc1)N(Cc1ccccc1F)C(=O)CN(c1cccc(C)c1C)S(=O)(=O)c1ccccc1. The van der Waals surface area contributed by atoms with Crippen molar-refractivity contribution in [2.24, 2.45) is 0 Å². The van der Waals surface area contributed by atoms with Crippen LogP contribution >= 0.6 is 0 Å². The first-order valence-corrected chi connectivity index (χ1v) is 15.6. The fourth-order valence-corrected chi connectivity index (χ4v) is 6.39. The molecule has 0 aliphatic carbocycles. The van der Waals surface area contributed by atoms with Crippen LogP contribution in [-0.2, 0) is 32.6 Å². The minimum Gasteiger partial charge on any atom is -0.355 e. The minimum atomic E-state index is -4.21. The van der Waals surface area contributed by atoms with Crippen molar-refractivity contribution in [3.8, 4) is 0 Å². The number of halogens is 1. The van der Waals surface area contributed by atoms with Crippen LogP contribution in [0.3, 0.4) is 0 Å². The molecule has 7 nitrogen and oxygen atoms in total. The fraction of sp³-hybridized carbons (Fsp3) is 0.235. The fourth-order valence-electron chi connectivity index (χ4n) is 4.89. The number of benzene rings is 4. The number of amides is 2. The van der Waals surface area contributed by atoms with Crippen molar-refractivity contribution in [2.45, 2.75) is 44.7 Å². The maximum atomic E-state index is 14.9. The lowest BCUT2D eigenvalue weighted by molar-refractivity contribution is -0.140. The molecule has 43 heavy (non-hydrogen) atoms. The van der Waals surface area contributed by atoms with Crippen LogP contribution in [0.2, 0.25) is 0 Å². The summed E-state index contributed by atoms with van der Waals surface area (Å²) in [7, 11) is -4.21. The Morgan fingerprint density at radius 3 is 2.12 bits per heavy atom. The van der Waals surface area contributed by atoms with Gasteiger partial charge >= 0.3 is 0 Å². The normalized spacial score (nSPS) is 11.9. The lowest BCUT2D eigenvalue weighted by Gasteiger charge is -2.34. The van der Waals surface area contributed by atoms with Gasteiger partial charge < -0.3 is 10.2 Å². The third-order valence-electron chi connectivity index (χ3n) is 7.38. The molecule has 0 aliphatic heterocycles. The molecule has 0 unspecified atom stereocenters. The Morgan fingerprint density at radius 2 is 1.47 bits per heavy atom. The summed E-state index contributed by atoms with van der Waals surface area (Å²) in [6.07, 6.45) is 0.155. The second-order valence-electron chi connectivity index (χ2n) is 10.3. The van der Waals surface area contributed by atoms with Gasteiger partial charge in [0.05, 0.1) is 10.6 Å². The van der Waals surface area contributed by atoms with Crippen molar-refractivity contribution in [3.05, 3.63) is 131 Å². The van der Waals surface area contributed by atoms with Gasteiger partial charge in [0, 0.05) is 25.1 Å². The Balaban J connectivity index is 1.83. The van der Waals surface area contributed by atoms with Gasteiger partial charge in [-0.1, -0.05) is 78.9 Å². The van der Waals surface area contributed by atoms with Gasteiger partial charge in [-0.05, 0) is 61.7 Å². The van der Waals surface area contributed by atoms with Crippen molar-refractivity contribution in [2.75, 3.05) is 17.4 Å². The number of aryl methyl sites for hydroxylation is 1. The Kier molecular flexibility index (Phi) is 10.3. The molecule has 0 aliphatic rings. The molecule has 4 aromatic carbocycles. The first-order valence-electron chi connectivity index (χ1n) is 14.1. The highest BCUT2D eigenvalue weighted by atomic mass is 32.2. The predicted octanol–water partition coefficient (Wildman–Crippen LogP) is 5.41. The second-order valence-corrected chi connectivity index (χ2v) is 12.1. The molecular weight excluding hydrogens is 565 g/mol. The summed E-state index contributed by atoms with van der Waals surface area (Å²) in [6, 6.07) is 27.4. The number of carbonyl (C=O) groups is 2. The van der Waals surface area contributed by atoms with E-state index in [-0.39, 0.29) is 23.4 Å². The zero-order valence-electron chi connectivity index (χ0n) is 24.5. The highest BCUT2D eigenvalue weighted by molar-refractivity contribution is 7.92. The van der Waals surface area contributed by atoms with E-state index >= 15 is 0 Å². The van der Waals surface area contributed by atoms with E-state index in [2.05, 4.69) is 5.32 Å². The van der Waals surface area contributed by atoms with Gasteiger partial charge in [0.15, 0.2) is 0 Å². The van der Waals surface area contributed by atoms with Crippen LogP contribution in [0, 0.1) is 19.7 Å². The van der Waals surface area contributed by atoms with Crippen molar-refractivity contribution in [1.29, 1.82) is 0 Å². The van der Waals surface area contributed by atoms with Gasteiger partial charge in [-0.3, -0.25) is 13.9 Å². The number of nitrogens with zero attached hydrogens (tertiary/aromatic N) is 2. The Morgan fingerprint density at radius 1 is 0.837 bits per heavy atom. The summed E-state index contributed by atoms with van der Waals surface area (Å²) in [4.78, 5) is 29.2. The van der Waals surface area contributed by atoms with Crippen molar-refractivity contribution in [1.82, 2.24) is 10.2 Å². The number of rotatable bonds is 12. The van der Waals surface area contributed by atoms with Crippen molar-refractivity contribution in [3.63, 3.8) is 0 Å². The smallest absolute Gasteiger partial charge is 0.264 e. The molecule has 0 saturated carbocycles. The van der Waals surface area contributed by atoms with Gasteiger partial charge in [0.1, 0.15) is 18.4 Å². The number of sulfonamides is 1. The van der Waals surface area contributed by atoms with Crippen LogP contribution in [0.25, 0.3) is 0 Å². The summed E-state index contributed by atoms with van der Waals surface area (Å²) in [5.41, 5.74) is 2.90. The molecule has 2 amide bonds. The Bertz CT molecular complexity index is 1660. The van der Waals surface area contributed by atoms with Gasteiger partial charge in [-0.15, -0.1) is 0 Å². The predicted molar refractivity (Wildman–Crippen MR) is 166 cm³/mol. The molecule has 9 heteroatoms. The van der Waals surface area contributed by atoms with Gasteiger partial charge in [-0.2, -0.15) is 0 Å². The monoisotopic (exact) mass is 601 g/mol. The second kappa shape index (κ2) is 14.1. The number of carbonyl (C=O) groups excluding carboxylic acids is 2. The number of nitrogens with one attached hydrogen (secondary N) is 1. The van der Waals surface area contributed by atoms with Gasteiger partial charge in [0.25, 0.3) is 10.0 Å². The maximum Gasteiger partial charge on any atom is 0.264 e. The van der Waals surface area contributed by atoms with E-state index in [4.69, 9.17) is 0 Å². The van der Waals surface area contributed by atoms with E-state index in [9.17, 15) is 22.4 Å². The highest BCUT2D eigenvalue weighted by Gasteiger charge is 2.35. The van der Waals surface area contributed by atoms with E-state index < -0.39 is 40.2 Å². The number of hydrogen-bond acceptors (Lipinski definition) is 4. The summed E-state index contributed by atoms with van der Waals surface area (Å²) in [5, 5.41) is 2.80. The van der Waals surface area contributed by atoms with Crippen molar-refractivity contribution >= 4 is 27.5 Å². The first-order chi connectivity index (χ1) is 20.6. The molecule has 0 aromatic heterocycles. The summed E-state index contributed by atoms with van der Waals surface area (Å²) < 4.78 is 44.2. The molecule has 0 bridgehead atoms. The zero-order valence-corrected chi connectivity index (χ0v) is 25.4. The van der Waals surface area contributed by atoms with E-state index in [1.807, 2.05) is 43.3 Å². The van der Waals surface area contributed by atoms with E-state index in [0.717, 1.165) is 15.4 Å². The summed E-state index contributed by atoms with van der Waals surface area (Å²) >= 11 is 0. The molecule has 0 fully saturated rings. The zero-order chi connectivity index (χ0) is 31.0. The molecule has 0 radical (unpaired) electrons. The lowest BCUT2D eigenvalue weighted by Crippen LogP contribution is -2.53. The quantitative estimate of drug-likeness (QED) is 0.235. The molecule has 0 heterocycles. The largest absolute Gasteiger partial charge is 0.355 e. The van der Waals surface area contributed by atoms with Gasteiger partial charge in [-0.25, -0.2) is 12.8 Å². The average molecular weight is 602 g/mol. The van der Waals surface area contributed by atoms with Crippen LogP contribution in [0.5, 0.6) is 0 Å². The van der Waals surface area contributed by atoms with Crippen LogP contribution in [0.1, 0.15) is 29.2 Å². The van der Waals surface area contributed by atoms with E-state index in [1.54, 1.807) is 62.4 Å². The molecule has 1 N–H and O–H groups in total. The van der Waals surface area contributed by atoms with E-state index in [0.29, 0.717) is 17.8 Å². The highest BCUT2D eigenvalue weighted by Crippen LogP contribution is 2.29. The Hall–Kier alpha value is -4.50. The standard InChI is InChI=1S/C34H36FN3O4S/c1-4-36-34(40)32(22-27-15-7-5-8-16-27)37(23-28-17-11-12-20-30(28)35)33(39)24-38(31-21-13-14-25(2)26(31)3)43(41,42)29-18-9-6-10-19-29/h5-21,32H,4,22-24H2,1-3H3,(H,36,40)/t32-/m0/s1.